The normalized spacial score (nSPS) is 21.6. The number of hydrogen-bond donors (Lipinski definition) is 0. The molecule has 0 saturated heterocycles. The van der Waals surface area contributed by atoms with E-state index < -0.39 is 0 Å². The van der Waals surface area contributed by atoms with Gasteiger partial charge in [0, 0.05) is 0 Å². The summed E-state index contributed by atoms with van der Waals surface area (Å²) in [5.74, 6) is 0. The minimum absolute atomic E-state index is 1.18. The minimum atomic E-state index is 1.18. The summed E-state index contributed by atoms with van der Waals surface area (Å²) in [5.41, 5.74) is 3.14. The Labute approximate surface area is 57.3 Å². The van der Waals surface area contributed by atoms with Gasteiger partial charge in [-0.15, -0.1) is 0 Å². The molecule has 0 aromatic rings. The smallest absolute Gasteiger partial charge is 0.00672 e. The molecule has 0 nitrogen and oxygen atoms in total. The lowest BCUT2D eigenvalue weighted by atomic mass is 9.90. The maximum Gasteiger partial charge on any atom is -0.00672 e. The molecule has 50 valence electrons. The summed E-state index contributed by atoms with van der Waals surface area (Å²) in [6, 6.07) is 0. The van der Waals surface area contributed by atoms with Crippen LogP contribution in [0.2, 0.25) is 0 Å². The second-order valence-electron chi connectivity index (χ2n) is 2.52. The van der Waals surface area contributed by atoms with Crippen LogP contribution in [-0.2, 0) is 0 Å². The zero-order valence-corrected chi connectivity index (χ0v) is 6.28. The highest BCUT2D eigenvalue weighted by atomic mass is 14.1. The average Bonchev–Trinajstić information content (AvgIpc) is 1.77. The van der Waals surface area contributed by atoms with Crippen LogP contribution in [0, 0.1) is 0 Å². The third kappa shape index (κ3) is 1.44. The predicted molar refractivity (Wildman–Crippen MR) is 41.4 cm³/mol. The Bertz CT molecular complexity index is 149. The summed E-state index contributed by atoms with van der Waals surface area (Å²) in [7, 11) is 0. The molecule has 1 aliphatic rings. The highest BCUT2D eigenvalue weighted by molar-refractivity contribution is 5.37. The first-order chi connectivity index (χ1) is 4.36. The average molecular weight is 122 g/mol. The van der Waals surface area contributed by atoms with E-state index in [0.717, 1.165) is 0 Å². The molecule has 0 N–H and O–H groups in total. The Hall–Kier alpha value is -0.520. The van der Waals surface area contributed by atoms with E-state index in [-0.39, 0.29) is 0 Å². The SMILES string of the molecule is CC/C=C1\C=C(CC)C1. The van der Waals surface area contributed by atoms with Crippen LogP contribution in [0.1, 0.15) is 33.1 Å². The van der Waals surface area contributed by atoms with Crippen molar-refractivity contribution in [2.75, 3.05) is 0 Å². The largest absolute Gasteiger partial charge is 0.0813 e. The molecule has 1 aliphatic carbocycles. The van der Waals surface area contributed by atoms with E-state index in [4.69, 9.17) is 0 Å². The molecule has 0 heteroatoms. The standard InChI is InChI=1S/C9H14/c1-3-5-9-6-8(4-2)7-9/h5-6H,3-4,7H2,1-2H3/b9-5+. The van der Waals surface area contributed by atoms with Crippen molar-refractivity contribution in [3.05, 3.63) is 23.3 Å². The van der Waals surface area contributed by atoms with Crippen LogP contribution in [0.4, 0.5) is 0 Å². The van der Waals surface area contributed by atoms with Crippen LogP contribution in [-0.4, -0.2) is 0 Å². The van der Waals surface area contributed by atoms with Crippen molar-refractivity contribution in [3.63, 3.8) is 0 Å². The Kier molecular flexibility index (Phi) is 2.10. The van der Waals surface area contributed by atoms with E-state index >= 15 is 0 Å². The van der Waals surface area contributed by atoms with Crippen LogP contribution in [0.15, 0.2) is 23.3 Å². The van der Waals surface area contributed by atoms with Crippen LogP contribution in [0.25, 0.3) is 0 Å². The molecule has 0 aliphatic heterocycles. The van der Waals surface area contributed by atoms with Crippen molar-refractivity contribution in [2.24, 2.45) is 0 Å². The maximum atomic E-state index is 2.31. The maximum absolute atomic E-state index is 2.31. The first kappa shape index (κ1) is 6.60. The molecule has 0 fully saturated rings. The van der Waals surface area contributed by atoms with Gasteiger partial charge in [-0.3, -0.25) is 0 Å². The van der Waals surface area contributed by atoms with E-state index in [1.807, 2.05) is 0 Å². The zero-order valence-electron chi connectivity index (χ0n) is 6.28. The molecule has 0 spiro atoms. The van der Waals surface area contributed by atoms with Crippen molar-refractivity contribution < 1.29 is 0 Å². The van der Waals surface area contributed by atoms with Gasteiger partial charge in [0.05, 0.1) is 0 Å². The molecule has 0 heterocycles. The fourth-order valence-electron chi connectivity index (χ4n) is 1.12. The van der Waals surface area contributed by atoms with Gasteiger partial charge in [0.2, 0.25) is 0 Å². The molecule has 0 unspecified atom stereocenters. The highest BCUT2D eigenvalue weighted by Gasteiger charge is 2.07. The van der Waals surface area contributed by atoms with Crippen molar-refractivity contribution in [1.82, 2.24) is 0 Å². The molecule has 0 atom stereocenters. The Morgan fingerprint density at radius 2 is 2.22 bits per heavy atom. The molecule has 1 rings (SSSR count). The summed E-state index contributed by atoms with van der Waals surface area (Å²) in [4.78, 5) is 0. The lowest BCUT2D eigenvalue weighted by Crippen LogP contribution is -1.96. The van der Waals surface area contributed by atoms with Crippen LogP contribution >= 0.6 is 0 Å². The van der Waals surface area contributed by atoms with E-state index in [1.54, 1.807) is 5.57 Å². The summed E-state index contributed by atoms with van der Waals surface area (Å²) >= 11 is 0. The predicted octanol–water partition coefficient (Wildman–Crippen LogP) is 3.06. The van der Waals surface area contributed by atoms with Crippen molar-refractivity contribution in [2.45, 2.75) is 33.1 Å². The van der Waals surface area contributed by atoms with Gasteiger partial charge in [-0.1, -0.05) is 31.6 Å². The summed E-state index contributed by atoms with van der Waals surface area (Å²) < 4.78 is 0. The third-order valence-electron chi connectivity index (χ3n) is 1.74. The van der Waals surface area contributed by atoms with Gasteiger partial charge in [-0.05, 0) is 24.8 Å². The van der Waals surface area contributed by atoms with Crippen LogP contribution < -0.4 is 0 Å². The monoisotopic (exact) mass is 122 g/mol. The highest BCUT2D eigenvalue weighted by Crippen LogP contribution is 2.27. The van der Waals surface area contributed by atoms with Gasteiger partial charge >= 0.3 is 0 Å². The van der Waals surface area contributed by atoms with Gasteiger partial charge in [0.15, 0.2) is 0 Å². The minimum Gasteiger partial charge on any atom is -0.0813 e. The number of allylic oxidation sites excluding steroid dienone is 4. The molecule has 0 saturated carbocycles. The van der Waals surface area contributed by atoms with Gasteiger partial charge in [-0.2, -0.15) is 0 Å². The third-order valence-corrected chi connectivity index (χ3v) is 1.74. The van der Waals surface area contributed by atoms with Crippen LogP contribution in [0.3, 0.4) is 0 Å². The lowest BCUT2D eigenvalue weighted by molar-refractivity contribution is 0.934. The second kappa shape index (κ2) is 2.86. The Morgan fingerprint density at radius 1 is 1.56 bits per heavy atom. The molecule has 0 bridgehead atoms. The molecule has 0 amide bonds. The molecule has 0 aromatic heterocycles. The van der Waals surface area contributed by atoms with Gasteiger partial charge in [-0.25, -0.2) is 0 Å². The summed E-state index contributed by atoms with van der Waals surface area (Å²) in [5, 5.41) is 0. The topological polar surface area (TPSA) is 0 Å². The lowest BCUT2D eigenvalue weighted by Gasteiger charge is -2.16. The Balaban J connectivity index is 2.41. The second-order valence-corrected chi connectivity index (χ2v) is 2.52. The fourth-order valence-corrected chi connectivity index (χ4v) is 1.12. The quantitative estimate of drug-likeness (QED) is 0.528. The van der Waals surface area contributed by atoms with Crippen molar-refractivity contribution in [3.8, 4) is 0 Å². The summed E-state index contributed by atoms with van der Waals surface area (Å²) in [6.45, 7) is 4.40. The first-order valence-corrected chi connectivity index (χ1v) is 3.75. The van der Waals surface area contributed by atoms with Crippen molar-refractivity contribution in [1.29, 1.82) is 0 Å². The van der Waals surface area contributed by atoms with E-state index in [2.05, 4.69) is 26.0 Å². The van der Waals surface area contributed by atoms with Crippen molar-refractivity contribution >= 4 is 0 Å². The molecular formula is C9H14. The fraction of sp³-hybridized carbons (Fsp3) is 0.556. The molecule has 9 heavy (non-hydrogen) atoms. The van der Waals surface area contributed by atoms with Crippen LogP contribution in [0.5, 0.6) is 0 Å². The van der Waals surface area contributed by atoms with Gasteiger partial charge in [0.25, 0.3) is 0 Å². The first-order valence-electron chi connectivity index (χ1n) is 3.75. The van der Waals surface area contributed by atoms with Gasteiger partial charge in [0.1, 0.15) is 0 Å². The van der Waals surface area contributed by atoms with E-state index in [1.165, 1.54) is 24.8 Å². The molecule has 0 radical (unpaired) electrons. The Morgan fingerprint density at radius 3 is 2.67 bits per heavy atom. The van der Waals surface area contributed by atoms with E-state index in [9.17, 15) is 0 Å². The number of rotatable bonds is 2. The number of hydrogen-bond acceptors (Lipinski definition) is 0. The molecule has 0 aromatic carbocycles. The van der Waals surface area contributed by atoms with E-state index in [0.29, 0.717) is 0 Å². The summed E-state index contributed by atoms with van der Waals surface area (Å²) in [6.07, 6.45) is 8.29. The molecular weight excluding hydrogens is 108 g/mol. The zero-order chi connectivity index (χ0) is 6.69. The van der Waals surface area contributed by atoms with Gasteiger partial charge < -0.3 is 0 Å².